The fourth-order valence-electron chi connectivity index (χ4n) is 3.51. The number of hydrogen-bond acceptors (Lipinski definition) is 5. The number of hydrogen-bond donors (Lipinski definition) is 0. The predicted octanol–water partition coefficient (Wildman–Crippen LogP) is 3.80. The van der Waals surface area contributed by atoms with Gasteiger partial charge in [-0.05, 0) is 38.2 Å². The van der Waals surface area contributed by atoms with Gasteiger partial charge in [0.25, 0.3) is 5.54 Å². The number of carbonyl (C=O) groups is 1. The van der Waals surface area contributed by atoms with Crippen molar-refractivity contribution in [3.63, 3.8) is 0 Å². The molecule has 1 aliphatic heterocycles. The molecular weight excluding hydrogens is 310 g/mol. The van der Waals surface area contributed by atoms with Crippen molar-refractivity contribution in [2.75, 3.05) is 13.2 Å². The van der Waals surface area contributed by atoms with E-state index in [1.165, 1.54) is 18.9 Å². The number of nitrogens with zero attached hydrogens (tertiary/aromatic N) is 1. The highest BCUT2D eigenvalue weighted by Gasteiger charge is 2.48. The van der Waals surface area contributed by atoms with Crippen LogP contribution in [0.2, 0.25) is 0 Å². The lowest BCUT2D eigenvalue weighted by Crippen LogP contribution is -2.46. The van der Waals surface area contributed by atoms with Crippen LogP contribution in [0.5, 0.6) is 0 Å². The Morgan fingerprint density at radius 1 is 1.12 bits per heavy atom. The Morgan fingerprint density at radius 2 is 1.79 bits per heavy atom. The Morgan fingerprint density at radius 3 is 2.50 bits per heavy atom. The molecule has 1 heterocycles. The van der Waals surface area contributed by atoms with Gasteiger partial charge in [0.05, 0.1) is 13.2 Å². The lowest BCUT2D eigenvalue weighted by molar-refractivity contribution is -0.554. The molecule has 2 aliphatic rings. The summed E-state index contributed by atoms with van der Waals surface area (Å²) in [7, 11) is 0. The summed E-state index contributed by atoms with van der Waals surface area (Å²) in [6.07, 6.45) is 11.7. The van der Waals surface area contributed by atoms with Crippen molar-refractivity contribution < 1.29 is 19.2 Å². The van der Waals surface area contributed by atoms with E-state index in [4.69, 9.17) is 9.47 Å². The first kappa shape index (κ1) is 19.1. The second-order valence-corrected chi connectivity index (χ2v) is 6.78. The van der Waals surface area contributed by atoms with Crippen LogP contribution in [0.15, 0.2) is 12.2 Å². The molecule has 0 radical (unpaired) electrons. The van der Waals surface area contributed by atoms with E-state index >= 15 is 0 Å². The molecule has 1 saturated heterocycles. The first-order valence-electron chi connectivity index (χ1n) is 9.24. The lowest BCUT2D eigenvalue weighted by atomic mass is 9.82. The van der Waals surface area contributed by atoms with Gasteiger partial charge < -0.3 is 9.47 Å². The fraction of sp³-hybridized carbons (Fsp3) is 0.833. The van der Waals surface area contributed by atoms with Crippen LogP contribution in [0.4, 0.5) is 0 Å². The highest BCUT2D eigenvalue weighted by atomic mass is 16.7. The maximum Gasteiger partial charge on any atom is 0.283 e. The molecule has 0 aromatic carbocycles. The van der Waals surface area contributed by atoms with E-state index in [1.807, 2.05) is 6.08 Å². The molecular formula is C18H29NO5. The maximum atomic E-state index is 12.6. The fourth-order valence-corrected chi connectivity index (χ4v) is 3.51. The molecule has 6 heteroatoms. The third kappa shape index (κ3) is 5.38. The summed E-state index contributed by atoms with van der Waals surface area (Å²) >= 11 is 0. The maximum absolute atomic E-state index is 12.6. The molecule has 1 fully saturated rings. The molecule has 0 amide bonds. The van der Waals surface area contributed by atoms with Crippen LogP contribution in [-0.4, -0.2) is 35.7 Å². The van der Waals surface area contributed by atoms with E-state index in [0.717, 1.165) is 32.1 Å². The summed E-state index contributed by atoms with van der Waals surface area (Å²) in [5.74, 6) is -0.346. The van der Waals surface area contributed by atoms with Crippen molar-refractivity contribution in [3.05, 3.63) is 22.3 Å². The summed E-state index contributed by atoms with van der Waals surface area (Å²) in [4.78, 5) is 24.1. The van der Waals surface area contributed by atoms with Crippen molar-refractivity contribution in [2.24, 2.45) is 0 Å². The first-order valence-corrected chi connectivity index (χ1v) is 9.24. The lowest BCUT2D eigenvalue weighted by Gasteiger charge is -2.23. The van der Waals surface area contributed by atoms with Gasteiger partial charge >= 0.3 is 0 Å². The van der Waals surface area contributed by atoms with Gasteiger partial charge in [0, 0.05) is 17.8 Å². The summed E-state index contributed by atoms with van der Waals surface area (Å²) in [5.41, 5.74) is -1.48. The number of allylic oxidation sites excluding steroid dienone is 1. The van der Waals surface area contributed by atoms with Crippen LogP contribution >= 0.6 is 0 Å². The molecule has 0 spiro atoms. The molecule has 0 aromatic heterocycles. The second kappa shape index (κ2) is 9.89. The minimum Gasteiger partial charge on any atom is -0.350 e. The molecule has 1 unspecified atom stereocenters. The number of ether oxygens (including phenoxy) is 2. The predicted molar refractivity (Wildman–Crippen MR) is 90.4 cm³/mol. The number of carbonyl (C=O) groups excluding carboxylic acids is 1. The molecule has 136 valence electrons. The molecule has 0 aromatic rings. The van der Waals surface area contributed by atoms with Gasteiger partial charge in [-0.15, -0.1) is 0 Å². The monoisotopic (exact) mass is 339 g/mol. The molecule has 0 saturated carbocycles. The van der Waals surface area contributed by atoms with Gasteiger partial charge in [0.2, 0.25) is 5.78 Å². The molecule has 2 rings (SSSR count). The van der Waals surface area contributed by atoms with Crippen LogP contribution in [-0.2, 0) is 14.3 Å². The van der Waals surface area contributed by atoms with Gasteiger partial charge in [-0.25, -0.2) is 0 Å². The van der Waals surface area contributed by atoms with E-state index in [-0.39, 0.29) is 23.4 Å². The van der Waals surface area contributed by atoms with Crippen LogP contribution in [0.25, 0.3) is 0 Å². The van der Waals surface area contributed by atoms with Crippen LogP contribution in [0.1, 0.15) is 70.6 Å². The van der Waals surface area contributed by atoms with Gasteiger partial charge in [0.15, 0.2) is 6.29 Å². The standard InChI is InChI=1S/C18H29NO5/c20-16-10-7-5-3-1-2-4-6-8-12-18(16,19(21)22)13-9-11-17-23-14-15-24-17/h7,10,17H,1-6,8-9,11-15H2/b10-7+. The van der Waals surface area contributed by atoms with Gasteiger partial charge in [-0.3, -0.25) is 14.9 Å². The normalized spacial score (nSPS) is 28.9. The van der Waals surface area contributed by atoms with E-state index in [2.05, 4.69) is 0 Å². The van der Waals surface area contributed by atoms with Crippen molar-refractivity contribution in [1.29, 1.82) is 0 Å². The second-order valence-electron chi connectivity index (χ2n) is 6.78. The minimum absolute atomic E-state index is 0.256. The topological polar surface area (TPSA) is 78.7 Å². The van der Waals surface area contributed by atoms with Gasteiger partial charge in [-0.1, -0.05) is 31.8 Å². The largest absolute Gasteiger partial charge is 0.350 e. The summed E-state index contributed by atoms with van der Waals surface area (Å²) in [6, 6.07) is 0. The Kier molecular flexibility index (Phi) is 7.85. The molecule has 0 bridgehead atoms. The Bertz CT molecular complexity index is 445. The first-order chi connectivity index (χ1) is 11.6. The van der Waals surface area contributed by atoms with Crippen molar-refractivity contribution in [3.8, 4) is 0 Å². The Hall–Kier alpha value is -1.27. The van der Waals surface area contributed by atoms with E-state index < -0.39 is 5.54 Å². The number of rotatable bonds is 5. The highest BCUT2D eigenvalue weighted by Crippen LogP contribution is 2.29. The number of nitro groups is 1. The van der Waals surface area contributed by atoms with Crippen LogP contribution < -0.4 is 0 Å². The summed E-state index contributed by atoms with van der Waals surface area (Å²) in [6.45, 7) is 1.15. The quantitative estimate of drug-likeness (QED) is 0.562. The third-order valence-corrected chi connectivity index (χ3v) is 5.01. The SMILES string of the molecule is O=C1/C=C/CCCCCCCCC1(CCCC1OCCO1)[N+](=O)[O-]. The third-order valence-electron chi connectivity index (χ3n) is 5.01. The van der Waals surface area contributed by atoms with Crippen LogP contribution in [0, 0.1) is 10.1 Å². The average Bonchev–Trinajstić information content (AvgIpc) is 3.06. The zero-order valence-electron chi connectivity index (χ0n) is 14.4. The van der Waals surface area contributed by atoms with Crippen molar-refractivity contribution in [2.45, 2.75) is 82.5 Å². The Balaban J connectivity index is 2.03. The van der Waals surface area contributed by atoms with Gasteiger partial charge in [0.1, 0.15) is 0 Å². The van der Waals surface area contributed by atoms with E-state index in [1.54, 1.807) is 0 Å². The molecule has 1 aliphatic carbocycles. The number of ketones is 1. The molecule has 1 atom stereocenters. The summed E-state index contributed by atoms with van der Waals surface area (Å²) < 4.78 is 10.8. The molecule has 6 nitrogen and oxygen atoms in total. The van der Waals surface area contributed by atoms with Gasteiger partial charge in [-0.2, -0.15) is 0 Å². The van der Waals surface area contributed by atoms with Crippen LogP contribution in [0.3, 0.4) is 0 Å². The molecule has 0 N–H and O–H groups in total. The molecule has 24 heavy (non-hydrogen) atoms. The smallest absolute Gasteiger partial charge is 0.283 e. The zero-order chi connectivity index (χ0) is 17.3. The zero-order valence-corrected chi connectivity index (χ0v) is 14.4. The van der Waals surface area contributed by atoms with Crippen molar-refractivity contribution >= 4 is 5.78 Å². The average molecular weight is 339 g/mol. The minimum atomic E-state index is -1.48. The van der Waals surface area contributed by atoms with Crippen molar-refractivity contribution in [1.82, 2.24) is 0 Å². The Labute approximate surface area is 143 Å². The van der Waals surface area contributed by atoms with E-state index in [9.17, 15) is 14.9 Å². The van der Waals surface area contributed by atoms with E-state index in [0.29, 0.717) is 32.5 Å². The summed E-state index contributed by atoms with van der Waals surface area (Å²) in [5, 5.41) is 11.8. The highest BCUT2D eigenvalue weighted by molar-refractivity contribution is 5.96.